The maximum Gasteiger partial charge on any atom is 0.186 e. The molecule has 28 heavy (non-hydrogen) atoms. The molecule has 1 saturated heterocycles. The molecular weight excluding hydrogens is 388 g/mol. The first kappa shape index (κ1) is 17.7. The lowest BCUT2D eigenvalue weighted by atomic mass is 10.1. The minimum Gasteiger partial charge on any atom is -0.497 e. The molecule has 0 N–H and O–H groups in total. The molecule has 1 aliphatic rings. The predicted octanol–water partition coefficient (Wildman–Crippen LogP) is 4.86. The molecule has 0 radical (unpaired) electrons. The summed E-state index contributed by atoms with van der Waals surface area (Å²) in [5.74, 6) is 0.857. The number of hydrogen-bond donors (Lipinski definition) is 0. The summed E-state index contributed by atoms with van der Waals surface area (Å²) in [6.45, 7) is 8.17. The van der Waals surface area contributed by atoms with Crippen LogP contribution in [0.2, 0.25) is 0 Å². The predicted molar refractivity (Wildman–Crippen MR) is 120 cm³/mol. The summed E-state index contributed by atoms with van der Waals surface area (Å²) in [6, 6.07) is 10.6. The SMILES string of the molecule is COc1ccc2sc(N3CCN(c4nc5c(C)cc(C)cc5s4)CC3)nc2c1. The average molecular weight is 411 g/mol. The Morgan fingerprint density at radius 3 is 2.25 bits per heavy atom. The Bertz CT molecular complexity index is 1160. The van der Waals surface area contributed by atoms with Crippen molar-refractivity contribution in [2.24, 2.45) is 0 Å². The number of aromatic nitrogens is 2. The Morgan fingerprint density at radius 2 is 1.54 bits per heavy atom. The van der Waals surface area contributed by atoms with Gasteiger partial charge in [-0.05, 0) is 43.2 Å². The topological polar surface area (TPSA) is 41.5 Å². The molecule has 1 fully saturated rings. The van der Waals surface area contributed by atoms with E-state index in [1.165, 1.54) is 20.5 Å². The maximum absolute atomic E-state index is 5.32. The normalized spacial score (nSPS) is 15.0. The Morgan fingerprint density at radius 1 is 0.857 bits per heavy atom. The molecule has 2 aromatic carbocycles. The lowest BCUT2D eigenvalue weighted by molar-refractivity contribution is 0.415. The molecule has 0 bridgehead atoms. The summed E-state index contributed by atoms with van der Waals surface area (Å²) >= 11 is 3.56. The number of anilines is 2. The Labute approximate surface area is 172 Å². The fourth-order valence-electron chi connectivity index (χ4n) is 3.74. The molecule has 5 nitrogen and oxygen atoms in total. The molecule has 5 rings (SSSR count). The van der Waals surface area contributed by atoms with Crippen molar-refractivity contribution in [3.05, 3.63) is 41.5 Å². The zero-order chi connectivity index (χ0) is 19.3. The quantitative estimate of drug-likeness (QED) is 0.483. The molecule has 144 valence electrons. The van der Waals surface area contributed by atoms with Gasteiger partial charge in [0.2, 0.25) is 0 Å². The molecule has 1 aliphatic heterocycles. The van der Waals surface area contributed by atoms with Crippen molar-refractivity contribution in [1.29, 1.82) is 0 Å². The van der Waals surface area contributed by atoms with Gasteiger partial charge in [0.05, 0.1) is 27.5 Å². The molecule has 3 heterocycles. The van der Waals surface area contributed by atoms with Crippen LogP contribution < -0.4 is 14.5 Å². The van der Waals surface area contributed by atoms with Crippen molar-refractivity contribution in [2.45, 2.75) is 13.8 Å². The second-order valence-corrected chi connectivity index (χ2v) is 9.25. The monoisotopic (exact) mass is 410 g/mol. The number of piperazine rings is 1. The number of nitrogens with zero attached hydrogens (tertiary/aromatic N) is 4. The van der Waals surface area contributed by atoms with Gasteiger partial charge in [0.15, 0.2) is 10.3 Å². The van der Waals surface area contributed by atoms with Crippen LogP contribution in [-0.2, 0) is 0 Å². The van der Waals surface area contributed by atoms with Crippen LogP contribution in [0.15, 0.2) is 30.3 Å². The van der Waals surface area contributed by atoms with Gasteiger partial charge < -0.3 is 14.5 Å². The van der Waals surface area contributed by atoms with Gasteiger partial charge in [0.25, 0.3) is 0 Å². The van der Waals surface area contributed by atoms with E-state index in [9.17, 15) is 0 Å². The molecule has 0 aliphatic carbocycles. The highest BCUT2D eigenvalue weighted by atomic mass is 32.1. The minimum atomic E-state index is 0.857. The molecule has 0 atom stereocenters. The number of thiazole rings is 2. The van der Waals surface area contributed by atoms with Crippen molar-refractivity contribution in [1.82, 2.24) is 9.97 Å². The summed E-state index contributed by atoms with van der Waals surface area (Å²) in [6.07, 6.45) is 0. The molecule has 4 aromatic rings. The largest absolute Gasteiger partial charge is 0.497 e. The third-order valence-corrected chi connectivity index (χ3v) is 7.38. The Balaban J connectivity index is 1.34. The molecule has 7 heteroatoms. The Hall–Kier alpha value is -2.38. The van der Waals surface area contributed by atoms with Crippen molar-refractivity contribution in [3.63, 3.8) is 0 Å². The number of benzene rings is 2. The number of ether oxygens (including phenoxy) is 1. The third kappa shape index (κ3) is 3.08. The van der Waals surface area contributed by atoms with Crippen molar-refractivity contribution in [3.8, 4) is 5.75 Å². The third-order valence-electron chi connectivity index (χ3n) is 5.22. The fraction of sp³-hybridized carbons (Fsp3) is 0.333. The summed E-state index contributed by atoms with van der Waals surface area (Å²) in [5.41, 5.74) is 4.73. The number of aryl methyl sites for hydroxylation is 2. The second-order valence-electron chi connectivity index (χ2n) is 7.23. The summed E-state index contributed by atoms with van der Waals surface area (Å²) in [4.78, 5) is 14.6. The smallest absolute Gasteiger partial charge is 0.186 e. The van der Waals surface area contributed by atoms with E-state index < -0.39 is 0 Å². The van der Waals surface area contributed by atoms with Gasteiger partial charge in [-0.2, -0.15) is 0 Å². The first-order valence-electron chi connectivity index (χ1n) is 9.43. The van der Waals surface area contributed by atoms with E-state index in [1.54, 1.807) is 29.8 Å². The highest BCUT2D eigenvalue weighted by Crippen LogP contribution is 2.34. The lowest BCUT2D eigenvalue weighted by Crippen LogP contribution is -2.46. The van der Waals surface area contributed by atoms with Crippen LogP contribution in [0.5, 0.6) is 5.75 Å². The second kappa shape index (κ2) is 6.90. The summed E-state index contributed by atoms with van der Waals surface area (Å²) < 4.78 is 7.81. The van der Waals surface area contributed by atoms with Crippen molar-refractivity contribution >= 4 is 53.4 Å². The molecule has 0 unspecified atom stereocenters. The van der Waals surface area contributed by atoms with E-state index in [0.29, 0.717) is 0 Å². The zero-order valence-electron chi connectivity index (χ0n) is 16.2. The minimum absolute atomic E-state index is 0.857. The average Bonchev–Trinajstić information content (AvgIpc) is 3.31. The zero-order valence-corrected chi connectivity index (χ0v) is 17.9. The van der Waals surface area contributed by atoms with E-state index >= 15 is 0 Å². The van der Waals surface area contributed by atoms with Crippen LogP contribution in [-0.4, -0.2) is 43.3 Å². The van der Waals surface area contributed by atoms with Gasteiger partial charge in [0, 0.05) is 32.2 Å². The van der Waals surface area contributed by atoms with E-state index in [1.807, 2.05) is 12.1 Å². The summed E-state index contributed by atoms with van der Waals surface area (Å²) in [7, 11) is 1.69. The van der Waals surface area contributed by atoms with Gasteiger partial charge in [0.1, 0.15) is 5.75 Å². The van der Waals surface area contributed by atoms with Crippen LogP contribution >= 0.6 is 22.7 Å². The highest BCUT2D eigenvalue weighted by molar-refractivity contribution is 7.22. The lowest BCUT2D eigenvalue weighted by Gasteiger charge is -2.34. The Kier molecular flexibility index (Phi) is 4.36. The number of methoxy groups -OCH3 is 1. The standard InChI is InChI=1S/C21H22N4OS2/c1-13-10-14(2)19-18(11-13)28-21(23-19)25-8-6-24(7-9-25)20-22-16-12-15(26-3)4-5-17(16)27-20/h4-5,10-12H,6-9H2,1-3H3. The van der Waals surface area contributed by atoms with Crippen LogP contribution in [0, 0.1) is 13.8 Å². The van der Waals surface area contributed by atoms with E-state index in [4.69, 9.17) is 14.7 Å². The van der Waals surface area contributed by atoms with Gasteiger partial charge in [-0.25, -0.2) is 9.97 Å². The molecular formula is C21H22N4OS2. The van der Waals surface area contributed by atoms with Gasteiger partial charge >= 0.3 is 0 Å². The molecule has 0 saturated carbocycles. The molecule has 0 amide bonds. The van der Waals surface area contributed by atoms with Gasteiger partial charge in [-0.1, -0.05) is 28.7 Å². The number of hydrogen-bond acceptors (Lipinski definition) is 7. The van der Waals surface area contributed by atoms with Crippen LogP contribution in [0.25, 0.3) is 20.4 Å². The van der Waals surface area contributed by atoms with E-state index in [0.717, 1.165) is 53.2 Å². The van der Waals surface area contributed by atoms with Gasteiger partial charge in [-0.15, -0.1) is 0 Å². The van der Waals surface area contributed by atoms with Crippen molar-refractivity contribution in [2.75, 3.05) is 43.1 Å². The van der Waals surface area contributed by atoms with Crippen LogP contribution in [0.1, 0.15) is 11.1 Å². The first-order chi connectivity index (χ1) is 13.6. The van der Waals surface area contributed by atoms with Gasteiger partial charge in [-0.3, -0.25) is 0 Å². The first-order valence-corrected chi connectivity index (χ1v) is 11.1. The molecule has 2 aromatic heterocycles. The fourth-order valence-corrected chi connectivity index (χ4v) is 5.93. The number of fused-ring (bicyclic) bond motifs is 2. The van der Waals surface area contributed by atoms with Crippen LogP contribution in [0.4, 0.5) is 10.3 Å². The van der Waals surface area contributed by atoms with Crippen LogP contribution in [0.3, 0.4) is 0 Å². The molecule has 0 spiro atoms. The van der Waals surface area contributed by atoms with E-state index in [2.05, 4.69) is 41.8 Å². The number of rotatable bonds is 3. The van der Waals surface area contributed by atoms with E-state index in [-0.39, 0.29) is 0 Å². The highest BCUT2D eigenvalue weighted by Gasteiger charge is 2.22. The summed E-state index contributed by atoms with van der Waals surface area (Å²) in [5, 5.41) is 2.23. The van der Waals surface area contributed by atoms with Crippen molar-refractivity contribution < 1.29 is 4.74 Å². The maximum atomic E-state index is 5.32.